The number of carbonyl (C=O) groups excluding carboxylic acids is 1. The number of hydrogen-bond donors (Lipinski definition) is 1. The Balaban J connectivity index is 1.52. The fourth-order valence-electron chi connectivity index (χ4n) is 11.4. The maximum Gasteiger partial charge on any atom is 0.313 e. The molecule has 0 amide bonds. The second kappa shape index (κ2) is 6.29. The molecule has 5 aliphatic carbocycles. The molecular formula is C30H46O3. The lowest BCUT2D eigenvalue weighted by Crippen LogP contribution is -2.71. The second-order valence-corrected chi connectivity index (χ2v) is 14.8. The molecule has 1 aliphatic heterocycles. The van der Waals surface area contributed by atoms with Crippen molar-refractivity contribution in [1.82, 2.24) is 0 Å². The standard InChI is InChI=1S/C30H46O3/c1-18-8-14-29-17-16-28(7)27(6)13-9-20-25(3,4)22(31)11-12-26(20,5)21(27)10-15-30(28,33-24(29)32)23(29)19(18)2/h10,15,18-23,31H,8-9,11-14,16-17H2,1-7H3/t18-,19+,20+,21-,22-,23+,26+,27-,28+,29+,30+/m1/s1. The van der Waals surface area contributed by atoms with E-state index in [2.05, 4.69) is 60.6 Å². The van der Waals surface area contributed by atoms with Crippen LogP contribution in [-0.2, 0) is 9.53 Å². The highest BCUT2D eigenvalue weighted by atomic mass is 16.6. The van der Waals surface area contributed by atoms with Gasteiger partial charge < -0.3 is 9.84 Å². The summed E-state index contributed by atoms with van der Waals surface area (Å²) in [4.78, 5) is 13.6. The average Bonchev–Trinajstić information content (AvgIpc) is 2.95. The van der Waals surface area contributed by atoms with Crippen LogP contribution in [0.25, 0.3) is 0 Å². The molecule has 0 aromatic heterocycles. The van der Waals surface area contributed by atoms with Gasteiger partial charge in [0.05, 0.1) is 11.5 Å². The van der Waals surface area contributed by atoms with Gasteiger partial charge in [-0.25, -0.2) is 0 Å². The zero-order chi connectivity index (χ0) is 23.8. The van der Waals surface area contributed by atoms with Crippen LogP contribution >= 0.6 is 0 Å². The van der Waals surface area contributed by atoms with Crippen molar-refractivity contribution < 1.29 is 14.6 Å². The fourth-order valence-corrected chi connectivity index (χ4v) is 11.4. The number of rotatable bonds is 0. The minimum atomic E-state index is -0.450. The summed E-state index contributed by atoms with van der Waals surface area (Å²) in [6.07, 6.45) is 13.4. The zero-order valence-corrected chi connectivity index (χ0v) is 22.0. The van der Waals surface area contributed by atoms with Crippen LogP contribution in [0.1, 0.15) is 99.8 Å². The Kier molecular flexibility index (Phi) is 4.31. The molecule has 2 bridgehead atoms. The topological polar surface area (TPSA) is 46.5 Å². The van der Waals surface area contributed by atoms with Crippen LogP contribution < -0.4 is 0 Å². The van der Waals surface area contributed by atoms with E-state index in [0.717, 1.165) is 44.9 Å². The lowest BCUT2D eigenvalue weighted by molar-refractivity contribution is -0.245. The normalized spacial score (nSPS) is 60.8. The van der Waals surface area contributed by atoms with Crippen LogP contribution in [0, 0.1) is 56.7 Å². The number of carbonyl (C=O) groups is 1. The first-order valence-electron chi connectivity index (χ1n) is 13.9. The van der Waals surface area contributed by atoms with Gasteiger partial charge in [0.2, 0.25) is 0 Å². The summed E-state index contributed by atoms with van der Waals surface area (Å²) in [5, 5.41) is 10.9. The lowest BCUT2D eigenvalue weighted by atomic mass is 9.32. The van der Waals surface area contributed by atoms with Crippen molar-refractivity contribution in [3.8, 4) is 0 Å². The Morgan fingerprint density at radius 1 is 0.939 bits per heavy atom. The molecule has 0 radical (unpaired) electrons. The lowest BCUT2D eigenvalue weighted by Gasteiger charge is -2.72. The van der Waals surface area contributed by atoms with E-state index in [1.54, 1.807) is 0 Å². The van der Waals surface area contributed by atoms with Crippen LogP contribution in [0.15, 0.2) is 12.2 Å². The molecule has 1 spiro atoms. The number of ether oxygens (including phenoxy) is 1. The van der Waals surface area contributed by atoms with Gasteiger partial charge in [0.15, 0.2) is 0 Å². The quantitative estimate of drug-likeness (QED) is 0.334. The molecule has 11 atom stereocenters. The number of allylic oxidation sites excluding steroid dienone is 1. The molecule has 3 heteroatoms. The van der Waals surface area contributed by atoms with Gasteiger partial charge >= 0.3 is 5.97 Å². The van der Waals surface area contributed by atoms with E-state index in [9.17, 15) is 9.90 Å². The third-order valence-corrected chi connectivity index (χ3v) is 13.8. The zero-order valence-electron chi connectivity index (χ0n) is 22.0. The molecule has 1 saturated heterocycles. The van der Waals surface area contributed by atoms with Crippen molar-refractivity contribution in [2.75, 3.05) is 0 Å². The predicted molar refractivity (Wildman–Crippen MR) is 130 cm³/mol. The molecule has 4 saturated carbocycles. The third kappa shape index (κ3) is 2.23. The van der Waals surface area contributed by atoms with E-state index in [-0.39, 0.29) is 39.1 Å². The van der Waals surface area contributed by atoms with Crippen LogP contribution in [0.4, 0.5) is 0 Å². The average molecular weight is 455 g/mol. The summed E-state index contributed by atoms with van der Waals surface area (Å²) >= 11 is 0. The first-order valence-corrected chi connectivity index (χ1v) is 13.9. The summed E-state index contributed by atoms with van der Waals surface area (Å²) in [6, 6.07) is 0. The number of hydrogen-bond acceptors (Lipinski definition) is 3. The molecule has 5 fully saturated rings. The molecule has 33 heavy (non-hydrogen) atoms. The molecule has 3 nitrogen and oxygen atoms in total. The summed E-state index contributed by atoms with van der Waals surface area (Å²) < 4.78 is 6.71. The first-order chi connectivity index (χ1) is 15.3. The Morgan fingerprint density at radius 2 is 1.67 bits per heavy atom. The van der Waals surface area contributed by atoms with Crippen LogP contribution in [0.5, 0.6) is 0 Å². The number of aliphatic hydroxyl groups excluding tert-OH is 1. The van der Waals surface area contributed by atoms with E-state index >= 15 is 0 Å². The van der Waals surface area contributed by atoms with Crippen LogP contribution in [-0.4, -0.2) is 22.8 Å². The van der Waals surface area contributed by atoms with Crippen molar-refractivity contribution >= 4 is 5.97 Å². The molecule has 6 aliphatic rings. The Morgan fingerprint density at radius 3 is 2.39 bits per heavy atom. The Hall–Kier alpha value is -0.830. The minimum Gasteiger partial charge on any atom is -0.453 e. The van der Waals surface area contributed by atoms with Gasteiger partial charge in [-0.2, -0.15) is 0 Å². The van der Waals surface area contributed by atoms with E-state index in [1.165, 1.54) is 6.42 Å². The highest BCUT2D eigenvalue weighted by Crippen LogP contribution is 2.79. The molecule has 1 N–H and O–H groups in total. The predicted octanol–water partition coefficient (Wildman–Crippen LogP) is 6.54. The molecule has 0 unspecified atom stereocenters. The molecule has 0 aromatic carbocycles. The summed E-state index contributed by atoms with van der Waals surface area (Å²) in [5.41, 5.74) is -0.514. The van der Waals surface area contributed by atoms with E-state index in [0.29, 0.717) is 29.6 Å². The van der Waals surface area contributed by atoms with Crippen LogP contribution in [0.3, 0.4) is 0 Å². The van der Waals surface area contributed by atoms with Gasteiger partial charge in [-0.15, -0.1) is 0 Å². The summed E-state index contributed by atoms with van der Waals surface area (Å²) in [7, 11) is 0. The monoisotopic (exact) mass is 454 g/mol. The molecule has 0 aromatic rings. The number of fused-ring (bicyclic) bond motifs is 4. The Labute approximate surface area is 201 Å². The number of aliphatic hydroxyl groups is 1. The van der Waals surface area contributed by atoms with Gasteiger partial charge in [-0.3, -0.25) is 4.79 Å². The van der Waals surface area contributed by atoms with Crippen molar-refractivity contribution in [2.45, 2.75) is 112 Å². The van der Waals surface area contributed by atoms with Crippen molar-refractivity contribution in [2.24, 2.45) is 56.7 Å². The summed E-state index contributed by atoms with van der Waals surface area (Å²) in [6.45, 7) is 17.0. The van der Waals surface area contributed by atoms with E-state index in [4.69, 9.17) is 4.74 Å². The van der Waals surface area contributed by atoms with Gasteiger partial charge in [-0.05, 0) is 97.4 Å². The SMILES string of the molecule is C[C@H]1[C@H](C)CC[C@@]23CC[C@]4(C)[C@@](C=C[C@@H]5[C@@]6(C)CC[C@@H](O)C(C)(C)[C@@H]6CC[C@]54C)(OC2=O)[C@@H]13. The Bertz CT molecular complexity index is 922. The first kappa shape index (κ1) is 22.6. The molecular weight excluding hydrogens is 408 g/mol. The fraction of sp³-hybridized carbons (Fsp3) is 0.900. The molecule has 184 valence electrons. The van der Waals surface area contributed by atoms with Gasteiger partial charge in [0.25, 0.3) is 0 Å². The summed E-state index contributed by atoms with van der Waals surface area (Å²) in [5.74, 6) is 2.56. The van der Waals surface area contributed by atoms with Gasteiger partial charge in [0.1, 0.15) is 5.60 Å². The van der Waals surface area contributed by atoms with Crippen molar-refractivity contribution in [3.63, 3.8) is 0 Å². The number of esters is 1. The van der Waals surface area contributed by atoms with Crippen molar-refractivity contribution in [3.05, 3.63) is 12.2 Å². The smallest absolute Gasteiger partial charge is 0.313 e. The molecule has 6 rings (SSSR count). The van der Waals surface area contributed by atoms with Gasteiger partial charge in [-0.1, -0.05) is 54.5 Å². The van der Waals surface area contributed by atoms with E-state index < -0.39 is 5.60 Å². The van der Waals surface area contributed by atoms with E-state index in [1.807, 2.05) is 0 Å². The highest BCUT2D eigenvalue weighted by molar-refractivity contribution is 5.82. The van der Waals surface area contributed by atoms with Crippen molar-refractivity contribution in [1.29, 1.82) is 0 Å². The maximum atomic E-state index is 13.6. The minimum absolute atomic E-state index is 0.0424. The maximum absolute atomic E-state index is 13.6. The van der Waals surface area contributed by atoms with Gasteiger partial charge in [0, 0.05) is 11.3 Å². The highest BCUT2D eigenvalue weighted by Gasteiger charge is 2.80. The largest absolute Gasteiger partial charge is 0.453 e. The van der Waals surface area contributed by atoms with Crippen LogP contribution in [0.2, 0.25) is 0 Å². The molecule has 1 heterocycles. The third-order valence-electron chi connectivity index (χ3n) is 13.8. The second-order valence-electron chi connectivity index (χ2n) is 14.8.